The van der Waals surface area contributed by atoms with Crippen LogP contribution < -0.4 is 0 Å². The van der Waals surface area contributed by atoms with Crippen LogP contribution in [0.1, 0.15) is 23.7 Å². The largest absolute Gasteiger partial charge is 0.455 e. The topological polar surface area (TPSA) is 76.1 Å². The highest BCUT2D eigenvalue weighted by molar-refractivity contribution is 6.43. The van der Waals surface area contributed by atoms with E-state index in [4.69, 9.17) is 9.39 Å². The van der Waals surface area contributed by atoms with E-state index in [1.165, 1.54) is 4.90 Å². The van der Waals surface area contributed by atoms with Gasteiger partial charge in [-0.25, -0.2) is 0 Å². The molecule has 1 aliphatic carbocycles. The van der Waals surface area contributed by atoms with Gasteiger partial charge in [-0.3, -0.25) is 14.5 Å². The molecule has 164 valence electrons. The minimum atomic E-state index is -0.998. The average molecular weight is 431 g/mol. The molecular weight excluding hydrogens is 405 g/mol. The standard InChI is InChI=1S/C25H26BNO5/c1-31-15-18-12-19-22(25(29)27(24(19)28)14-16-8-4-2-5-9-16)20-13-26(30)32-23(21(18)20)17-10-6-3-7-11-17/h2-11,19-20,22-23,30H,12-15H2,1H3/t19-,20+,22-,23-/m1/s1. The van der Waals surface area contributed by atoms with Crippen molar-refractivity contribution in [1.82, 2.24) is 4.90 Å². The third-order valence-corrected chi connectivity index (χ3v) is 6.91. The molecule has 0 bridgehead atoms. The second-order valence-electron chi connectivity index (χ2n) is 8.80. The summed E-state index contributed by atoms with van der Waals surface area (Å²) in [5.41, 5.74) is 3.85. The lowest BCUT2D eigenvalue weighted by Gasteiger charge is -2.43. The van der Waals surface area contributed by atoms with Gasteiger partial charge in [0, 0.05) is 7.11 Å². The van der Waals surface area contributed by atoms with Crippen LogP contribution >= 0.6 is 0 Å². The summed E-state index contributed by atoms with van der Waals surface area (Å²) < 4.78 is 11.5. The number of benzene rings is 2. The third kappa shape index (κ3) is 3.60. The molecule has 2 aromatic carbocycles. The van der Waals surface area contributed by atoms with Crippen LogP contribution in [0.15, 0.2) is 71.8 Å². The zero-order valence-corrected chi connectivity index (χ0v) is 18.0. The lowest BCUT2D eigenvalue weighted by Crippen LogP contribution is -2.43. The maximum atomic E-state index is 13.6. The summed E-state index contributed by atoms with van der Waals surface area (Å²) in [5, 5.41) is 10.6. The predicted molar refractivity (Wildman–Crippen MR) is 119 cm³/mol. The van der Waals surface area contributed by atoms with E-state index in [0.29, 0.717) is 19.3 Å². The van der Waals surface area contributed by atoms with Gasteiger partial charge in [-0.1, -0.05) is 60.7 Å². The molecule has 4 atom stereocenters. The molecule has 2 heterocycles. The normalized spacial score (nSPS) is 27.6. The molecule has 2 amide bonds. The highest BCUT2D eigenvalue weighted by atomic mass is 16.5. The first-order valence-electron chi connectivity index (χ1n) is 11.1. The summed E-state index contributed by atoms with van der Waals surface area (Å²) in [6.45, 7) is 0.645. The van der Waals surface area contributed by atoms with Gasteiger partial charge in [-0.05, 0) is 40.9 Å². The summed E-state index contributed by atoms with van der Waals surface area (Å²) in [6, 6.07) is 19.3. The van der Waals surface area contributed by atoms with Gasteiger partial charge in [0.05, 0.1) is 31.1 Å². The van der Waals surface area contributed by atoms with Crippen molar-refractivity contribution in [2.24, 2.45) is 17.8 Å². The van der Waals surface area contributed by atoms with Gasteiger partial charge in [-0.2, -0.15) is 0 Å². The number of methoxy groups -OCH3 is 1. The van der Waals surface area contributed by atoms with Gasteiger partial charge < -0.3 is 14.4 Å². The molecule has 0 radical (unpaired) electrons. The van der Waals surface area contributed by atoms with Crippen molar-refractivity contribution in [3.63, 3.8) is 0 Å². The minimum absolute atomic E-state index is 0.131. The summed E-state index contributed by atoms with van der Waals surface area (Å²) in [4.78, 5) is 28.3. The number of nitrogens with zero attached hydrogens (tertiary/aromatic N) is 1. The molecule has 6 nitrogen and oxygen atoms in total. The second kappa shape index (κ2) is 8.66. The van der Waals surface area contributed by atoms with Crippen LogP contribution in [0.3, 0.4) is 0 Å². The Morgan fingerprint density at radius 2 is 1.72 bits per heavy atom. The van der Waals surface area contributed by atoms with Crippen LogP contribution in [0.5, 0.6) is 0 Å². The van der Waals surface area contributed by atoms with E-state index < -0.39 is 25.1 Å². The van der Waals surface area contributed by atoms with Crippen LogP contribution in [0, 0.1) is 17.8 Å². The maximum Gasteiger partial charge on any atom is 0.455 e. The Kier molecular flexibility index (Phi) is 5.72. The Balaban J connectivity index is 1.53. The number of rotatable bonds is 5. The van der Waals surface area contributed by atoms with Gasteiger partial charge in [0.2, 0.25) is 11.8 Å². The summed E-state index contributed by atoms with van der Waals surface area (Å²) >= 11 is 0. The number of carbonyl (C=O) groups is 2. The van der Waals surface area contributed by atoms with E-state index >= 15 is 0 Å². The van der Waals surface area contributed by atoms with Crippen molar-refractivity contribution in [2.75, 3.05) is 13.7 Å². The number of fused-ring (bicyclic) bond motifs is 3. The van der Waals surface area contributed by atoms with E-state index in [0.717, 1.165) is 22.3 Å². The molecule has 7 heteroatoms. The molecule has 1 N–H and O–H groups in total. The smallest absolute Gasteiger partial charge is 0.427 e. The van der Waals surface area contributed by atoms with E-state index in [1.807, 2.05) is 60.7 Å². The quantitative estimate of drug-likeness (QED) is 0.448. The Morgan fingerprint density at radius 3 is 2.41 bits per heavy atom. The van der Waals surface area contributed by atoms with Crippen LogP contribution in [-0.4, -0.2) is 42.6 Å². The van der Waals surface area contributed by atoms with Crippen molar-refractivity contribution < 1.29 is 24.0 Å². The van der Waals surface area contributed by atoms with Crippen molar-refractivity contribution in [1.29, 1.82) is 0 Å². The molecular formula is C25H26BNO5. The second-order valence-corrected chi connectivity index (χ2v) is 8.80. The number of hydrogen-bond acceptors (Lipinski definition) is 5. The minimum Gasteiger partial charge on any atom is -0.427 e. The van der Waals surface area contributed by atoms with Crippen LogP contribution in [-0.2, 0) is 25.5 Å². The number of amides is 2. The summed E-state index contributed by atoms with van der Waals surface area (Å²) in [5.74, 6) is -1.44. The van der Waals surface area contributed by atoms with Crippen molar-refractivity contribution in [3.8, 4) is 0 Å². The van der Waals surface area contributed by atoms with E-state index in [9.17, 15) is 14.6 Å². The van der Waals surface area contributed by atoms with Crippen molar-refractivity contribution in [3.05, 3.63) is 82.9 Å². The van der Waals surface area contributed by atoms with E-state index in [1.54, 1.807) is 7.11 Å². The lowest BCUT2D eigenvalue weighted by atomic mass is 9.58. The highest BCUT2D eigenvalue weighted by Crippen LogP contribution is 2.53. The molecule has 0 spiro atoms. The predicted octanol–water partition coefficient (Wildman–Crippen LogP) is 3.00. The van der Waals surface area contributed by atoms with Crippen LogP contribution in [0.2, 0.25) is 6.32 Å². The fourth-order valence-electron chi connectivity index (χ4n) is 5.60. The molecule has 5 rings (SSSR count). The first-order valence-corrected chi connectivity index (χ1v) is 11.1. The first kappa shape index (κ1) is 21.1. The average Bonchev–Trinajstić information content (AvgIpc) is 3.04. The number of imide groups is 1. The number of hydrogen-bond donors (Lipinski definition) is 1. The van der Waals surface area contributed by atoms with Gasteiger partial charge >= 0.3 is 7.12 Å². The number of carbonyl (C=O) groups excluding carboxylic acids is 2. The Hall–Kier alpha value is -2.74. The Morgan fingerprint density at radius 1 is 1.03 bits per heavy atom. The molecule has 2 aliphatic heterocycles. The maximum absolute atomic E-state index is 13.6. The molecule has 2 aromatic rings. The molecule has 3 aliphatic rings. The molecule has 2 saturated heterocycles. The van der Waals surface area contributed by atoms with Crippen molar-refractivity contribution in [2.45, 2.75) is 25.4 Å². The Bertz CT molecular complexity index is 1040. The summed E-state index contributed by atoms with van der Waals surface area (Å²) in [6.07, 6.45) is 0.316. The van der Waals surface area contributed by atoms with Gasteiger partial charge in [-0.15, -0.1) is 0 Å². The van der Waals surface area contributed by atoms with Crippen molar-refractivity contribution >= 4 is 18.9 Å². The van der Waals surface area contributed by atoms with Gasteiger partial charge in [0.25, 0.3) is 0 Å². The fraction of sp³-hybridized carbons (Fsp3) is 0.360. The molecule has 32 heavy (non-hydrogen) atoms. The zero-order chi connectivity index (χ0) is 22.2. The molecule has 0 unspecified atom stereocenters. The fourth-order valence-corrected chi connectivity index (χ4v) is 5.60. The van der Waals surface area contributed by atoms with Gasteiger partial charge in [0.1, 0.15) is 0 Å². The number of likely N-dealkylation sites (tertiary alicyclic amines) is 1. The van der Waals surface area contributed by atoms with Gasteiger partial charge in [0.15, 0.2) is 0 Å². The highest BCUT2D eigenvalue weighted by Gasteiger charge is 2.57. The monoisotopic (exact) mass is 431 g/mol. The first-order chi connectivity index (χ1) is 15.6. The van der Waals surface area contributed by atoms with E-state index in [-0.39, 0.29) is 24.3 Å². The van der Waals surface area contributed by atoms with E-state index in [2.05, 4.69) is 0 Å². The molecule has 2 fully saturated rings. The van der Waals surface area contributed by atoms with Crippen LogP contribution in [0.4, 0.5) is 0 Å². The zero-order valence-electron chi connectivity index (χ0n) is 18.0. The summed E-state index contributed by atoms with van der Waals surface area (Å²) in [7, 11) is 0.635. The molecule has 0 saturated carbocycles. The third-order valence-electron chi connectivity index (χ3n) is 6.91. The lowest BCUT2D eigenvalue weighted by molar-refractivity contribution is -0.140. The molecule has 0 aromatic heterocycles. The number of ether oxygens (including phenoxy) is 1. The van der Waals surface area contributed by atoms with Crippen LogP contribution in [0.25, 0.3) is 0 Å². The Labute approximate surface area is 188 Å². The SMILES string of the molecule is COCC1=C2[C@@H](c3ccccc3)OB(O)C[C@@H]2[C@@H]2C(=O)N(Cc3ccccc3)C(=O)[C@@H]2C1.